The molecule has 0 aliphatic rings. The molecule has 0 aliphatic heterocycles. The number of ether oxygens (including phenoxy) is 1. The summed E-state index contributed by atoms with van der Waals surface area (Å²) in [6, 6.07) is 10.7. The predicted octanol–water partition coefficient (Wildman–Crippen LogP) is 4.59. The molecule has 1 N–H and O–H groups in total. The van der Waals surface area contributed by atoms with Gasteiger partial charge >= 0.3 is 0 Å². The normalized spacial score (nSPS) is 10.7. The van der Waals surface area contributed by atoms with Crippen LogP contribution in [0.15, 0.2) is 40.9 Å². The highest BCUT2D eigenvalue weighted by Gasteiger charge is 2.07. The number of aryl methyl sites for hydroxylation is 1. The summed E-state index contributed by atoms with van der Waals surface area (Å²) in [7, 11) is 0. The molecular weight excluding hydrogens is 333 g/mol. The van der Waals surface area contributed by atoms with E-state index < -0.39 is 0 Å². The minimum Gasteiger partial charge on any atom is -0.489 e. The molecule has 21 heavy (non-hydrogen) atoms. The topological polar surface area (TPSA) is 21.3 Å². The Morgan fingerprint density at radius 3 is 2.71 bits per heavy atom. The van der Waals surface area contributed by atoms with Crippen LogP contribution >= 0.6 is 15.9 Å². The summed E-state index contributed by atoms with van der Waals surface area (Å²) >= 11 is 3.47. The molecule has 0 spiro atoms. The zero-order valence-corrected chi connectivity index (χ0v) is 13.8. The van der Waals surface area contributed by atoms with Crippen molar-refractivity contribution in [2.75, 3.05) is 6.54 Å². The van der Waals surface area contributed by atoms with Crippen molar-refractivity contribution in [3.05, 3.63) is 63.4 Å². The van der Waals surface area contributed by atoms with E-state index in [9.17, 15) is 4.39 Å². The van der Waals surface area contributed by atoms with Gasteiger partial charge in [0.15, 0.2) is 0 Å². The molecule has 0 saturated carbocycles. The lowest BCUT2D eigenvalue weighted by molar-refractivity contribution is 0.300. The number of halogens is 2. The molecule has 2 aromatic carbocycles. The molecule has 2 aromatic rings. The van der Waals surface area contributed by atoms with Gasteiger partial charge in [-0.3, -0.25) is 0 Å². The van der Waals surface area contributed by atoms with E-state index in [0.29, 0.717) is 6.61 Å². The highest BCUT2D eigenvalue weighted by molar-refractivity contribution is 9.10. The molecule has 0 fully saturated rings. The average molecular weight is 352 g/mol. The number of hydrogen-bond donors (Lipinski definition) is 1. The third-order valence-corrected chi connectivity index (χ3v) is 3.78. The minimum absolute atomic E-state index is 0.233. The number of rotatable bonds is 6. The van der Waals surface area contributed by atoms with E-state index in [0.717, 1.165) is 40.0 Å². The summed E-state index contributed by atoms with van der Waals surface area (Å²) in [5.74, 6) is 0.589. The Balaban J connectivity index is 2.13. The Labute approximate surface area is 133 Å². The second kappa shape index (κ2) is 7.57. The number of nitrogens with one attached hydrogen (secondary N) is 1. The van der Waals surface area contributed by atoms with Crippen molar-refractivity contribution in [2.24, 2.45) is 0 Å². The van der Waals surface area contributed by atoms with Crippen molar-refractivity contribution in [1.29, 1.82) is 0 Å². The van der Waals surface area contributed by atoms with Gasteiger partial charge in [-0.25, -0.2) is 4.39 Å². The second-order valence-corrected chi connectivity index (χ2v) is 5.81. The van der Waals surface area contributed by atoms with Gasteiger partial charge in [0.1, 0.15) is 18.2 Å². The van der Waals surface area contributed by atoms with Crippen molar-refractivity contribution >= 4 is 15.9 Å². The summed E-state index contributed by atoms with van der Waals surface area (Å²) in [4.78, 5) is 0. The van der Waals surface area contributed by atoms with Crippen LogP contribution in [0.3, 0.4) is 0 Å². The van der Waals surface area contributed by atoms with Gasteiger partial charge < -0.3 is 10.1 Å². The first kappa shape index (κ1) is 16.0. The van der Waals surface area contributed by atoms with E-state index in [-0.39, 0.29) is 5.82 Å². The van der Waals surface area contributed by atoms with E-state index in [2.05, 4.69) is 28.2 Å². The summed E-state index contributed by atoms with van der Waals surface area (Å²) in [5, 5.41) is 3.29. The van der Waals surface area contributed by atoms with Crippen LogP contribution in [0.5, 0.6) is 5.75 Å². The smallest absolute Gasteiger partial charge is 0.124 e. The Morgan fingerprint density at radius 2 is 1.95 bits per heavy atom. The molecule has 0 aliphatic carbocycles. The van der Waals surface area contributed by atoms with Crippen molar-refractivity contribution in [3.63, 3.8) is 0 Å². The van der Waals surface area contributed by atoms with Crippen LogP contribution in [0.1, 0.15) is 23.6 Å². The predicted molar refractivity (Wildman–Crippen MR) is 87.0 cm³/mol. The van der Waals surface area contributed by atoms with Crippen LogP contribution in [0.25, 0.3) is 0 Å². The first-order valence-electron chi connectivity index (χ1n) is 6.97. The molecule has 0 radical (unpaired) electrons. The fourth-order valence-corrected chi connectivity index (χ4v) is 2.45. The largest absolute Gasteiger partial charge is 0.489 e. The maximum atomic E-state index is 13.3. The van der Waals surface area contributed by atoms with Gasteiger partial charge in [0.2, 0.25) is 0 Å². The van der Waals surface area contributed by atoms with E-state index in [4.69, 9.17) is 4.74 Å². The maximum Gasteiger partial charge on any atom is 0.124 e. The van der Waals surface area contributed by atoms with Gasteiger partial charge in [-0.15, -0.1) is 0 Å². The van der Waals surface area contributed by atoms with Crippen LogP contribution in [-0.4, -0.2) is 6.54 Å². The van der Waals surface area contributed by atoms with E-state index in [1.165, 1.54) is 12.1 Å². The zero-order valence-electron chi connectivity index (χ0n) is 12.2. The SMILES string of the molecule is CCNCc1cc(Br)ccc1OCc1cc(F)ccc1C. The van der Waals surface area contributed by atoms with E-state index >= 15 is 0 Å². The number of benzene rings is 2. The molecule has 0 amide bonds. The molecule has 0 aromatic heterocycles. The highest BCUT2D eigenvalue weighted by atomic mass is 79.9. The molecule has 0 saturated heterocycles. The molecule has 112 valence electrons. The van der Waals surface area contributed by atoms with Crippen LogP contribution in [0, 0.1) is 12.7 Å². The lowest BCUT2D eigenvalue weighted by atomic mass is 10.1. The van der Waals surface area contributed by atoms with E-state index in [1.807, 2.05) is 25.1 Å². The van der Waals surface area contributed by atoms with Gasteiger partial charge in [0.05, 0.1) is 0 Å². The quantitative estimate of drug-likeness (QED) is 0.821. The Bertz CT molecular complexity index is 616. The van der Waals surface area contributed by atoms with E-state index in [1.54, 1.807) is 6.07 Å². The summed E-state index contributed by atoms with van der Waals surface area (Å²) in [5.41, 5.74) is 2.98. The van der Waals surface area contributed by atoms with Crippen LogP contribution in [0.4, 0.5) is 4.39 Å². The summed E-state index contributed by atoms with van der Waals surface area (Å²) in [6.07, 6.45) is 0. The fraction of sp³-hybridized carbons (Fsp3) is 0.294. The lowest BCUT2D eigenvalue weighted by Crippen LogP contribution is -2.13. The van der Waals surface area contributed by atoms with Gasteiger partial charge in [0.25, 0.3) is 0 Å². The van der Waals surface area contributed by atoms with Crippen molar-refractivity contribution < 1.29 is 9.13 Å². The van der Waals surface area contributed by atoms with Gasteiger partial charge in [-0.05, 0) is 54.9 Å². The first-order valence-corrected chi connectivity index (χ1v) is 7.76. The van der Waals surface area contributed by atoms with Crippen LogP contribution in [-0.2, 0) is 13.2 Å². The lowest BCUT2D eigenvalue weighted by Gasteiger charge is -2.13. The van der Waals surface area contributed by atoms with Crippen molar-refractivity contribution in [1.82, 2.24) is 5.32 Å². The third-order valence-electron chi connectivity index (χ3n) is 3.28. The molecule has 2 rings (SSSR count). The zero-order chi connectivity index (χ0) is 15.2. The fourth-order valence-electron chi connectivity index (χ4n) is 2.04. The summed E-state index contributed by atoms with van der Waals surface area (Å²) < 4.78 is 20.2. The Hall–Kier alpha value is -1.39. The monoisotopic (exact) mass is 351 g/mol. The molecule has 0 heterocycles. The molecule has 4 heteroatoms. The maximum absolute atomic E-state index is 13.3. The first-order chi connectivity index (χ1) is 10.1. The Kier molecular flexibility index (Phi) is 5.76. The standard InChI is InChI=1S/C17H19BrFNO/c1-3-20-10-13-8-15(18)5-7-17(13)21-11-14-9-16(19)6-4-12(14)2/h4-9,20H,3,10-11H2,1-2H3. The van der Waals surface area contributed by atoms with Crippen molar-refractivity contribution in [3.8, 4) is 5.75 Å². The van der Waals surface area contributed by atoms with Gasteiger partial charge in [0, 0.05) is 16.6 Å². The third kappa shape index (κ3) is 4.55. The minimum atomic E-state index is -0.233. The average Bonchev–Trinajstić information content (AvgIpc) is 2.47. The Morgan fingerprint density at radius 1 is 1.14 bits per heavy atom. The molecule has 0 atom stereocenters. The van der Waals surface area contributed by atoms with Crippen molar-refractivity contribution in [2.45, 2.75) is 27.0 Å². The molecule has 0 bridgehead atoms. The molecule has 0 unspecified atom stereocenters. The second-order valence-electron chi connectivity index (χ2n) is 4.89. The molecular formula is C17H19BrFNO. The summed E-state index contributed by atoms with van der Waals surface area (Å²) in [6.45, 7) is 6.03. The van der Waals surface area contributed by atoms with Gasteiger partial charge in [-0.1, -0.05) is 28.9 Å². The molecule has 2 nitrogen and oxygen atoms in total. The van der Waals surface area contributed by atoms with Gasteiger partial charge in [-0.2, -0.15) is 0 Å². The number of hydrogen-bond acceptors (Lipinski definition) is 2. The van der Waals surface area contributed by atoms with Crippen LogP contribution < -0.4 is 10.1 Å². The van der Waals surface area contributed by atoms with Crippen LogP contribution in [0.2, 0.25) is 0 Å². The highest BCUT2D eigenvalue weighted by Crippen LogP contribution is 2.24.